The van der Waals surface area contributed by atoms with Gasteiger partial charge in [-0.05, 0) is 87.6 Å². The van der Waals surface area contributed by atoms with E-state index in [0.29, 0.717) is 15.7 Å². The molecule has 3 N–H and O–H groups in total. The molecule has 4 rings (SSSR count). The fourth-order valence-electron chi connectivity index (χ4n) is 4.20. The van der Waals surface area contributed by atoms with Crippen LogP contribution in [0.5, 0.6) is 0 Å². The summed E-state index contributed by atoms with van der Waals surface area (Å²) >= 11 is 8.41. The van der Waals surface area contributed by atoms with Gasteiger partial charge < -0.3 is 20.7 Å². The van der Waals surface area contributed by atoms with Gasteiger partial charge in [-0.1, -0.05) is 30.2 Å². The van der Waals surface area contributed by atoms with Gasteiger partial charge in [0.15, 0.2) is 5.11 Å². The predicted octanol–water partition coefficient (Wildman–Crippen LogP) is 7.04. The van der Waals surface area contributed by atoms with E-state index in [4.69, 9.17) is 17.0 Å². The van der Waals surface area contributed by atoms with Crippen molar-refractivity contribution < 1.29 is 14.3 Å². The first-order valence-corrected chi connectivity index (χ1v) is 14.4. The largest absolute Gasteiger partial charge is 0.465 e. The van der Waals surface area contributed by atoms with Crippen molar-refractivity contribution in [2.24, 2.45) is 0 Å². The van der Waals surface area contributed by atoms with Gasteiger partial charge in [-0.2, -0.15) is 0 Å². The third-order valence-electron chi connectivity index (χ3n) is 6.13. The molecule has 1 atom stereocenters. The van der Waals surface area contributed by atoms with Crippen LogP contribution in [0.15, 0.2) is 53.4 Å². The number of thiophene rings is 1. The van der Waals surface area contributed by atoms with Gasteiger partial charge in [-0.15, -0.1) is 23.1 Å². The fourth-order valence-corrected chi connectivity index (χ4v) is 6.64. The minimum atomic E-state index is -0.385. The molecule has 6 nitrogen and oxygen atoms in total. The van der Waals surface area contributed by atoms with Crippen molar-refractivity contribution in [3.8, 4) is 0 Å². The molecule has 1 aliphatic rings. The van der Waals surface area contributed by atoms with Crippen LogP contribution in [-0.2, 0) is 22.4 Å². The van der Waals surface area contributed by atoms with Crippen LogP contribution in [0.25, 0.3) is 0 Å². The molecular weight excluding hydrogens is 523 g/mol. The molecule has 1 aliphatic carbocycles. The standard InChI is InChI=1S/C28H31N3O3S3/c1-17-12-14-19(15-13-17)29-28(35)30-20-8-7-9-21(16-20)36-18(2)25(32)31-26-24(27(33)34-3)22-10-5-4-6-11-23(22)37-26/h7-9,12-16,18H,4-6,10-11H2,1-3H3,(H,31,32)(H2,29,30,35). The first kappa shape index (κ1) is 27.2. The van der Waals surface area contributed by atoms with E-state index in [1.165, 1.54) is 40.6 Å². The van der Waals surface area contributed by atoms with E-state index < -0.39 is 0 Å². The van der Waals surface area contributed by atoms with Crippen LogP contribution in [0.4, 0.5) is 16.4 Å². The molecule has 0 aliphatic heterocycles. The lowest BCUT2D eigenvalue weighted by Gasteiger charge is -2.14. The van der Waals surface area contributed by atoms with Crippen molar-refractivity contribution >= 4 is 68.7 Å². The Morgan fingerprint density at radius 3 is 2.49 bits per heavy atom. The topological polar surface area (TPSA) is 79.5 Å². The van der Waals surface area contributed by atoms with Gasteiger partial charge in [0.25, 0.3) is 0 Å². The highest BCUT2D eigenvalue weighted by molar-refractivity contribution is 8.00. The minimum absolute atomic E-state index is 0.151. The molecule has 0 bridgehead atoms. The molecule has 9 heteroatoms. The molecule has 3 aromatic rings. The molecule has 1 unspecified atom stereocenters. The molecule has 2 aromatic carbocycles. The first-order valence-electron chi connectivity index (χ1n) is 12.3. The van der Waals surface area contributed by atoms with E-state index in [2.05, 4.69) is 16.0 Å². The van der Waals surface area contributed by atoms with E-state index >= 15 is 0 Å². The zero-order chi connectivity index (χ0) is 26.4. The van der Waals surface area contributed by atoms with Crippen molar-refractivity contribution in [2.45, 2.75) is 56.1 Å². The van der Waals surface area contributed by atoms with Crippen molar-refractivity contribution in [3.63, 3.8) is 0 Å². The van der Waals surface area contributed by atoms with Crippen LogP contribution in [0.3, 0.4) is 0 Å². The third kappa shape index (κ3) is 7.12. The highest BCUT2D eigenvalue weighted by Crippen LogP contribution is 2.38. The number of fused-ring (bicyclic) bond motifs is 1. The monoisotopic (exact) mass is 553 g/mol. The van der Waals surface area contributed by atoms with Crippen LogP contribution in [-0.4, -0.2) is 29.3 Å². The fraction of sp³-hybridized carbons (Fsp3) is 0.321. The lowest BCUT2D eigenvalue weighted by atomic mass is 10.1. The second-order valence-electron chi connectivity index (χ2n) is 8.98. The van der Waals surface area contributed by atoms with Crippen LogP contribution in [0.1, 0.15) is 52.5 Å². The van der Waals surface area contributed by atoms with E-state index in [0.717, 1.165) is 53.9 Å². The summed E-state index contributed by atoms with van der Waals surface area (Å²) in [6.07, 6.45) is 5.07. The highest BCUT2D eigenvalue weighted by atomic mass is 32.2. The molecule has 0 saturated heterocycles. The van der Waals surface area contributed by atoms with Gasteiger partial charge in [0, 0.05) is 21.1 Å². The summed E-state index contributed by atoms with van der Waals surface area (Å²) in [4.78, 5) is 27.8. The normalized spacial score (nSPS) is 13.6. The Bertz CT molecular complexity index is 1290. The SMILES string of the molecule is COC(=O)c1c(NC(=O)C(C)Sc2cccc(NC(=S)Nc3ccc(C)cc3)c2)sc2c1CCCCC2. The molecule has 1 heterocycles. The van der Waals surface area contributed by atoms with Crippen molar-refractivity contribution in [1.82, 2.24) is 0 Å². The summed E-state index contributed by atoms with van der Waals surface area (Å²) in [5.74, 6) is -0.537. The minimum Gasteiger partial charge on any atom is -0.465 e. The van der Waals surface area contributed by atoms with Gasteiger partial charge >= 0.3 is 5.97 Å². The third-order valence-corrected chi connectivity index (χ3v) is 8.64. The molecule has 1 amide bonds. The zero-order valence-corrected chi connectivity index (χ0v) is 23.6. The number of methoxy groups -OCH3 is 1. The lowest BCUT2D eigenvalue weighted by Crippen LogP contribution is -2.23. The van der Waals surface area contributed by atoms with Crippen molar-refractivity contribution in [3.05, 3.63) is 70.1 Å². The summed E-state index contributed by atoms with van der Waals surface area (Å²) in [6, 6.07) is 15.8. The quantitative estimate of drug-likeness (QED) is 0.125. The molecular formula is C28H31N3O3S3. The number of benzene rings is 2. The van der Waals surface area contributed by atoms with Crippen LogP contribution in [0.2, 0.25) is 0 Å². The molecule has 0 spiro atoms. The van der Waals surface area contributed by atoms with E-state index in [-0.39, 0.29) is 17.1 Å². The number of esters is 1. The molecule has 1 aromatic heterocycles. The number of aryl methyl sites for hydroxylation is 2. The lowest BCUT2D eigenvalue weighted by molar-refractivity contribution is -0.115. The van der Waals surface area contributed by atoms with Crippen molar-refractivity contribution in [2.75, 3.05) is 23.1 Å². The Morgan fingerprint density at radius 1 is 1.00 bits per heavy atom. The molecule has 0 saturated carbocycles. The smallest absolute Gasteiger partial charge is 0.341 e. The Hall–Kier alpha value is -2.88. The van der Waals surface area contributed by atoms with Crippen LogP contribution in [0, 0.1) is 6.92 Å². The number of nitrogens with one attached hydrogen (secondary N) is 3. The number of ether oxygens (including phenoxy) is 1. The van der Waals surface area contributed by atoms with Gasteiger partial charge in [-0.3, -0.25) is 4.79 Å². The zero-order valence-electron chi connectivity index (χ0n) is 21.2. The second kappa shape index (κ2) is 12.6. The summed E-state index contributed by atoms with van der Waals surface area (Å²) in [5, 5.41) is 10.1. The van der Waals surface area contributed by atoms with Crippen LogP contribution >= 0.6 is 35.3 Å². The van der Waals surface area contributed by atoms with E-state index in [1.807, 2.05) is 62.4 Å². The molecule has 194 valence electrons. The Morgan fingerprint density at radius 2 is 1.73 bits per heavy atom. The molecule has 0 fully saturated rings. The highest BCUT2D eigenvalue weighted by Gasteiger charge is 2.27. The number of thiocarbonyl (C=S) groups is 1. The van der Waals surface area contributed by atoms with Crippen molar-refractivity contribution in [1.29, 1.82) is 0 Å². The second-order valence-corrected chi connectivity index (χ2v) is 11.9. The maximum absolute atomic E-state index is 13.1. The van der Waals surface area contributed by atoms with Gasteiger partial charge in [-0.25, -0.2) is 4.79 Å². The number of carbonyl (C=O) groups is 2. The number of anilines is 3. The number of carbonyl (C=O) groups excluding carboxylic acids is 2. The number of amides is 1. The Kier molecular flexibility index (Phi) is 9.23. The predicted molar refractivity (Wildman–Crippen MR) is 158 cm³/mol. The van der Waals surface area contributed by atoms with Gasteiger partial charge in [0.1, 0.15) is 5.00 Å². The number of hydrogen-bond donors (Lipinski definition) is 3. The van der Waals surface area contributed by atoms with Gasteiger partial charge in [0.2, 0.25) is 5.91 Å². The average molecular weight is 554 g/mol. The molecule has 37 heavy (non-hydrogen) atoms. The summed E-state index contributed by atoms with van der Waals surface area (Å²) in [5.41, 5.74) is 4.49. The maximum Gasteiger partial charge on any atom is 0.341 e. The molecule has 0 radical (unpaired) electrons. The summed E-state index contributed by atoms with van der Waals surface area (Å²) < 4.78 is 5.06. The number of thioether (sulfide) groups is 1. The maximum atomic E-state index is 13.1. The Labute approximate surface area is 231 Å². The van der Waals surface area contributed by atoms with E-state index in [9.17, 15) is 9.59 Å². The van der Waals surface area contributed by atoms with E-state index in [1.54, 1.807) is 0 Å². The van der Waals surface area contributed by atoms with Gasteiger partial charge in [0.05, 0.1) is 17.9 Å². The summed E-state index contributed by atoms with van der Waals surface area (Å²) in [7, 11) is 1.39. The Balaban J connectivity index is 1.40. The van der Waals surface area contributed by atoms with Crippen LogP contribution < -0.4 is 16.0 Å². The number of hydrogen-bond acceptors (Lipinski definition) is 6. The summed E-state index contributed by atoms with van der Waals surface area (Å²) in [6.45, 7) is 3.90. The first-order chi connectivity index (χ1) is 17.8. The number of rotatable bonds is 7. The average Bonchev–Trinajstić information content (AvgIpc) is 3.04.